The predicted octanol–water partition coefficient (Wildman–Crippen LogP) is 5.03. The van der Waals surface area contributed by atoms with Crippen LogP contribution < -0.4 is 0 Å². The number of hydrogen-bond acceptors (Lipinski definition) is 2. The molecule has 0 aromatic heterocycles. The Morgan fingerprint density at radius 1 is 1.30 bits per heavy atom. The Labute approximate surface area is 147 Å². The van der Waals surface area contributed by atoms with E-state index in [4.69, 9.17) is 4.74 Å². The highest BCUT2D eigenvalue weighted by molar-refractivity contribution is 9.10. The fourth-order valence-corrected chi connectivity index (χ4v) is 4.23. The van der Waals surface area contributed by atoms with Crippen LogP contribution in [0.5, 0.6) is 0 Å². The standard InChI is InChI=1S/C19H26BrNO2/c1-18(2,3)23-17(22)21-12-19(13-21)9-8-15(11-19)10-14-4-6-16(20)7-5-14/h4-7,15H,8-13H2,1-3H3. The zero-order chi connectivity index (χ0) is 16.7. The van der Waals surface area contributed by atoms with Crippen molar-refractivity contribution >= 4 is 22.0 Å². The molecule has 2 aliphatic rings. The van der Waals surface area contributed by atoms with Gasteiger partial charge < -0.3 is 9.64 Å². The van der Waals surface area contributed by atoms with E-state index in [2.05, 4.69) is 40.2 Å². The van der Waals surface area contributed by atoms with Gasteiger partial charge in [-0.25, -0.2) is 4.79 Å². The molecular formula is C19H26BrNO2. The Bertz CT molecular complexity index is 570. The summed E-state index contributed by atoms with van der Waals surface area (Å²) in [4.78, 5) is 14.0. The van der Waals surface area contributed by atoms with Crippen LogP contribution in [0.2, 0.25) is 0 Å². The average Bonchev–Trinajstić information content (AvgIpc) is 2.82. The number of halogens is 1. The van der Waals surface area contributed by atoms with Crippen LogP contribution in [-0.4, -0.2) is 29.7 Å². The Morgan fingerprint density at radius 2 is 1.96 bits per heavy atom. The summed E-state index contributed by atoms with van der Waals surface area (Å²) >= 11 is 3.49. The van der Waals surface area contributed by atoms with Crippen molar-refractivity contribution in [2.75, 3.05) is 13.1 Å². The number of benzene rings is 1. The molecule has 1 aliphatic carbocycles. The maximum atomic E-state index is 12.1. The largest absolute Gasteiger partial charge is 0.444 e. The Morgan fingerprint density at radius 3 is 2.57 bits per heavy atom. The van der Waals surface area contributed by atoms with Gasteiger partial charge in [-0.05, 0) is 70.1 Å². The van der Waals surface area contributed by atoms with Crippen LogP contribution in [-0.2, 0) is 11.2 Å². The third kappa shape index (κ3) is 4.09. The van der Waals surface area contributed by atoms with Crippen LogP contribution in [0, 0.1) is 11.3 Å². The van der Waals surface area contributed by atoms with Crippen molar-refractivity contribution in [3.05, 3.63) is 34.3 Å². The van der Waals surface area contributed by atoms with E-state index >= 15 is 0 Å². The summed E-state index contributed by atoms with van der Waals surface area (Å²) in [5.41, 5.74) is 1.37. The molecule has 1 aromatic rings. The molecule has 23 heavy (non-hydrogen) atoms. The maximum Gasteiger partial charge on any atom is 0.410 e. The van der Waals surface area contributed by atoms with Crippen molar-refractivity contribution in [2.24, 2.45) is 11.3 Å². The van der Waals surface area contributed by atoms with Crippen molar-refractivity contribution in [1.82, 2.24) is 4.90 Å². The quantitative estimate of drug-likeness (QED) is 0.720. The molecule has 3 nitrogen and oxygen atoms in total. The normalized spacial score (nSPS) is 23.0. The van der Waals surface area contributed by atoms with Gasteiger partial charge in [0, 0.05) is 23.0 Å². The van der Waals surface area contributed by atoms with E-state index in [0.717, 1.165) is 29.9 Å². The van der Waals surface area contributed by atoms with Crippen LogP contribution in [0.3, 0.4) is 0 Å². The lowest BCUT2D eigenvalue weighted by molar-refractivity contribution is -0.0332. The summed E-state index contributed by atoms with van der Waals surface area (Å²) in [7, 11) is 0. The zero-order valence-corrected chi connectivity index (χ0v) is 15.9. The Hall–Kier alpha value is -1.03. The van der Waals surface area contributed by atoms with Crippen molar-refractivity contribution in [1.29, 1.82) is 0 Å². The fraction of sp³-hybridized carbons (Fsp3) is 0.632. The molecule has 1 unspecified atom stereocenters. The van der Waals surface area contributed by atoms with Gasteiger partial charge in [-0.15, -0.1) is 0 Å². The van der Waals surface area contributed by atoms with E-state index in [1.807, 2.05) is 25.7 Å². The van der Waals surface area contributed by atoms with E-state index in [-0.39, 0.29) is 6.09 Å². The lowest BCUT2D eigenvalue weighted by atomic mass is 9.77. The smallest absolute Gasteiger partial charge is 0.410 e. The molecule has 1 saturated carbocycles. The highest BCUT2D eigenvalue weighted by atomic mass is 79.9. The summed E-state index contributed by atoms with van der Waals surface area (Å²) in [6, 6.07) is 8.66. The first kappa shape index (κ1) is 16.8. The van der Waals surface area contributed by atoms with E-state index in [9.17, 15) is 4.79 Å². The highest BCUT2D eigenvalue weighted by Gasteiger charge is 2.50. The SMILES string of the molecule is CC(C)(C)OC(=O)N1CC2(CCC(Cc3ccc(Br)cc3)C2)C1. The summed E-state index contributed by atoms with van der Waals surface area (Å²) in [6.45, 7) is 7.51. The number of carbonyl (C=O) groups excluding carboxylic acids is 1. The first-order chi connectivity index (χ1) is 10.7. The molecule has 1 atom stereocenters. The minimum Gasteiger partial charge on any atom is -0.444 e. The first-order valence-corrected chi connectivity index (χ1v) is 9.26. The Balaban J connectivity index is 1.49. The zero-order valence-electron chi connectivity index (χ0n) is 14.3. The molecule has 1 aromatic carbocycles. The van der Waals surface area contributed by atoms with Crippen LogP contribution in [0.15, 0.2) is 28.7 Å². The van der Waals surface area contributed by atoms with E-state index in [1.165, 1.54) is 24.8 Å². The maximum absolute atomic E-state index is 12.1. The molecule has 0 radical (unpaired) electrons. The number of hydrogen-bond donors (Lipinski definition) is 0. The van der Waals surface area contributed by atoms with Crippen LogP contribution in [0.25, 0.3) is 0 Å². The molecule has 1 spiro atoms. The number of nitrogens with zero attached hydrogens (tertiary/aromatic N) is 1. The first-order valence-electron chi connectivity index (χ1n) is 8.47. The number of amides is 1. The van der Waals surface area contributed by atoms with E-state index in [1.54, 1.807) is 0 Å². The van der Waals surface area contributed by atoms with Crippen LogP contribution in [0.4, 0.5) is 4.79 Å². The third-order valence-electron chi connectivity index (χ3n) is 4.95. The van der Waals surface area contributed by atoms with Gasteiger partial charge in [-0.2, -0.15) is 0 Å². The minimum absolute atomic E-state index is 0.153. The number of ether oxygens (including phenoxy) is 1. The third-order valence-corrected chi connectivity index (χ3v) is 5.48. The fourth-order valence-electron chi connectivity index (χ4n) is 3.96. The molecule has 1 heterocycles. The molecular weight excluding hydrogens is 354 g/mol. The summed E-state index contributed by atoms with van der Waals surface area (Å²) in [6.07, 6.45) is 4.76. The van der Waals surface area contributed by atoms with Crippen LogP contribution >= 0.6 is 15.9 Å². The minimum atomic E-state index is -0.403. The van der Waals surface area contributed by atoms with Gasteiger partial charge in [-0.3, -0.25) is 0 Å². The average molecular weight is 380 g/mol. The van der Waals surface area contributed by atoms with Gasteiger partial charge in [-0.1, -0.05) is 28.1 Å². The van der Waals surface area contributed by atoms with Gasteiger partial charge >= 0.3 is 6.09 Å². The van der Waals surface area contributed by atoms with Gasteiger partial charge in [0.05, 0.1) is 0 Å². The molecule has 0 N–H and O–H groups in total. The second-order valence-electron chi connectivity index (χ2n) is 8.28. The van der Waals surface area contributed by atoms with Gasteiger partial charge in [0.2, 0.25) is 0 Å². The number of carbonyl (C=O) groups is 1. The summed E-state index contributed by atoms with van der Waals surface area (Å²) < 4.78 is 6.60. The molecule has 2 fully saturated rings. The van der Waals surface area contributed by atoms with E-state index < -0.39 is 5.60 Å². The molecule has 4 heteroatoms. The molecule has 1 saturated heterocycles. The van der Waals surface area contributed by atoms with Crippen molar-refractivity contribution < 1.29 is 9.53 Å². The summed E-state index contributed by atoms with van der Waals surface area (Å²) in [5, 5.41) is 0. The predicted molar refractivity (Wildman–Crippen MR) is 95.4 cm³/mol. The summed E-state index contributed by atoms with van der Waals surface area (Å²) in [5.74, 6) is 0.747. The Kier molecular flexibility index (Phi) is 4.47. The van der Waals surface area contributed by atoms with Crippen LogP contribution in [0.1, 0.15) is 45.6 Å². The lowest BCUT2D eigenvalue weighted by Gasteiger charge is -2.48. The van der Waals surface area contributed by atoms with Gasteiger partial charge in [0.1, 0.15) is 5.60 Å². The van der Waals surface area contributed by atoms with Gasteiger partial charge in [0.15, 0.2) is 0 Å². The van der Waals surface area contributed by atoms with E-state index in [0.29, 0.717) is 5.41 Å². The van der Waals surface area contributed by atoms with Gasteiger partial charge in [0.25, 0.3) is 0 Å². The molecule has 1 amide bonds. The highest BCUT2D eigenvalue weighted by Crippen LogP contribution is 2.49. The number of rotatable bonds is 2. The molecule has 126 valence electrons. The topological polar surface area (TPSA) is 29.5 Å². The molecule has 0 bridgehead atoms. The van der Waals surface area contributed by atoms with Crippen molar-refractivity contribution in [3.63, 3.8) is 0 Å². The van der Waals surface area contributed by atoms with Crippen molar-refractivity contribution in [3.8, 4) is 0 Å². The monoisotopic (exact) mass is 379 g/mol. The van der Waals surface area contributed by atoms with Crippen molar-refractivity contribution in [2.45, 2.75) is 52.1 Å². The second kappa shape index (κ2) is 6.12. The second-order valence-corrected chi connectivity index (χ2v) is 9.19. The molecule has 1 aliphatic heterocycles. The molecule has 3 rings (SSSR count). The lowest BCUT2D eigenvalue weighted by Crippen LogP contribution is -2.58. The number of likely N-dealkylation sites (tertiary alicyclic amines) is 1.